The normalized spacial score (nSPS) is 10.9. The minimum absolute atomic E-state index is 0.103. The summed E-state index contributed by atoms with van der Waals surface area (Å²) in [6.07, 6.45) is 1.68. The molecule has 0 saturated carbocycles. The topological polar surface area (TPSA) is 74.1 Å². The third-order valence-corrected chi connectivity index (χ3v) is 2.76. The Hall–Kier alpha value is -2.56. The van der Waals surface area contributed by atoms with Gasteiger partial charge < -0.3 is 14.7 Å². The highest BCUT2D eigenvalue weighted by Crippen LogP contribution is 2.24. The maximum atomic E-state index is 11.6. The number of benzene rings is 1. The predicted octanol–water partition coefficient (Wildman–Crippen LogP) is 1.78. The van der Waals surface area contributed by atoms with Crippen LogP contribution in [0.1, 0.15) is 0 Å². The second-order valence-electron chi connectivity index (χ2n) is 4.11. The molecule has 0 atom stereocenters. The summed E-state index contributed by atoms with van der Waals surface area (Å²) in [6, 6.07) is 8.55. The Morgan fingerprint density at radius 2 is 2.11 bits per heavy atom. The van der Waals surface area contributed by atoms with E-state index in [0.29, 0.717) is 22.7 Å². The van der Waals surface area contributed by atoms with E-state index in [9.17, 15) is 4.79 Å². The van der Waals surface area contributed by atoms with Gasteiger partial charge in [0.15, 0.2) is 5.58 Å². The van der Waals surface area contributed by atoms with Crippen molar-refractivity contribution in [1.82, 2.24) is 9.55 Å². The minimum Gasteiger partial charge on any atom is -0.436 e. The maximum absolute atomic E-state index is 11.6. The van der Waals surface area contributed by atoms with Crippen LogP contribution in [0.25, 0.3) is 22.6 Å². The molecular formula is C13H11N3O2. The lowest BCUT2D eigenvalue weighted by molar-refractivity contribution is 0.619. The number of fused-ring (bicyclic) bond motifs is 1. The van der Waals surface area contributed by atoms with Gasteiger partial charge in [0.05, 0.1) is 0 Å². The highest BCUT2D eigenvalue weighted by atomic mass is 16.3. The summed E-state index contributed by atoms with van der Waals surface area (Å²) < 4.78 is 7.08. The molecule has 0 saturated heterocycles. The highest BCUT2D eigenvalue weighted by molar-refractivity contribution is 5.79. The summed E-state index contributed by atoms with van der Waals surface area (Å²) >= 11 is 0. The van der Waals surface area contributed by atoms with E-state index in [0.717, 1.165) is 5.52 Å². The zero-order valence-corrected chi connectivity index (χ0v) is 9.75. The Morgan fingerprint density at radius 1 is 1.28 bits per heavy atom. The molecule has 0 bridgehead atoms. The second kappa shape index (κ2) is 3.73. The first kappa shape index (κ1) is 10.6. The molecule has 2 heterocycles. The number of aromatic nitrogens is 2. The van der Waals surface area contributed by atoms with Gasteiger partial charge >= 0.3 is 0 Å². The van der Waals surface area contributed by atoms with Crippen molar-refractivity contribution in [2.75, 3.05) is 5.73 Å². The van der Waals surface area contributed by atoms with E-state index >= 15 is 0 Å². The monoisotopic (exact) mass is 241 g/mol. The van der Waals surface area contributed by atoms with Gasteiger partial charge in [-0.1, -0.05) is 0 Å². The Morgan fingerprint density at radius 3 is 2.89 bits per heavy atom. The Bertz CT molecular complexity index is 786. The Balaban J connectivity index is 2.19. The lowest BCUT2D eigenvalue weighted by Crippen LogP contribution is -2.14. The number of nitrogen functional groups attached to an aromatic ring is 1. The molecule has 0 radical (unpaired) electrons. The van der Waals surface area contributed by atoms with E-state index < -0.39 is 0 Å². The van der Waals surface area contributed by atoms with E-state index in [-0.39, 0.29) is 5.56 Å². The van der Waals surface area contributed by atoms with Crippen molar-refractivity contribution in [3.63, 3.8) is 0 Å². The molecule has 3 aromatic rings. The molecule has 0 aliphatic heterocycles. The van der Waals surface area contributed by atoms with Crippen molar-refractivity contribution >= 4 is 16.8 Å². The number of anilines is 1. The molecular weight excluding hydrogens is 230 g/mol. The molecule has 0 fully saturated rings. The average Bonchev–Trinajstić information content (AvgIpc) is 2.75. The fourth-order valence-corrected chi connectivity index (χ4v) is 1.75. The van der Waals surface area contributed by atoms with Gasteiger partial charge in [-0.25, -0.2) is 4.98 Å². The third-order valence-electron chi connectivity index (χ3n) is 2.76. The molecule has 0 spiro atoms. The van der Waals surface area contributed by atoms with Gasteiger partial charge in [-0.3, -0.25) is 4.79 Å². The molecule has 0 aliphatic carbocycles. The largest absolute Gasteiger partial charge is 0.436 e. The van der Waals surface area contributed by atoms with Crippen LogP contribution < -0.4 is 11.3 Å². The minimum atomic E-state index is -0.103. The molecule has 18 heavy (non-hydrogen) atoms. The van der Waals surface area contributed by atoms with E-state index in [1.54, 1.807) is 37.5 Å². The van der Waals surface area contributed by atoms with Crippen LogP contribution in [-0.2, 0) is 7.05 Å². The number of rotatable bonds is 1. The quantitative estimate of drug-likeness (QED) is 0.659. The van der Waals surface area contributed by atoms with Gasteiger partial charge in [-0.05, 0) is 18.2 Å². The summed E-state index contributed by atoms with van der Waals surface area (Å²) in [6.45, 7) is 0. The van der Waals surface area contributed by atoms with Gasteiger partial charge in [0.2, 0.25) is 5.89 Å². The van der Waals surface area contributed by atoms with E-state index in [4.69, 9.17) is 10.2 Å². The zero-order chi connectivity index (χ0) is 12.7. The van der Waals surface area contributed by atoms with Crippen LogP contribution in [0.5, 0.6) is 0 Å². The zero-order valence-electron chi connectivity index (χ0n) is 9.75. The fraction of sp³-hybridized carbons (Fsp3) is 0.0769. The number of aryl methyl sites for hydroxylation is 1. The van der Waals surface area contributed by atoms with Gasteiger partial charge in [-0.15, -0.1) is 0 Å². The van der Waals surface area contributed by atoms with E-state index in [1.165, 1.54) is 10.6 Å². The first-order chi connectivity index (χ1) is 8.63. The van der Waals surface area contributed by atoms with Gasteiger partial charge in [0.25, 0.3) is 5.56 Å². The fourth-order valence-electron chi connectivity index (χ4n) is 1.75. The number of nitrogens with zero attached hydrogens (tertiary/aromatic N) is 2. The lowest BCUT2D eigenvalue weighted by Gasteiger charge is -1.97. The van der Waals surface area contributed by atoms with Crippen molar-refractivity contribution in [3.05, 3.63) is 46.9 Å². The molecule has 0 unspecified atom stereocenters. The predicted molar refractivity (Wildman–Crippen MR) is 69.1 cm³/mol. The first-order valence-corrected chi connectivity index (χ1v) is 5.46. The summed E-state index contributed by atoms with van der Waals surface area (Å²) in [5.41, 5.74) is 8.19. The standard InChI is InChI=1S/C13H11N3O2/c1-16-5-4-8(6-12(16)17)13-15-10-3-2-9(14)7-11(10)18-13/h2-7H,14H2,1H3. The van der Waals surface area contributed by atoms with Gasteiger partial charge in [-0.2, -0.15) is 0 Å². The first-order valence-electron chi connectivity index (χ1n) is 5.46. The number of hydrogen-bond donors (Lipinski definition) is 1. The van der Waals surface area contributed by atoms with Crippen LogP contribution >= 0.6 is 0 Å². The van der Waals surface area contributed by atoms with Gasteiger partial charge in [0, 0.05) is 36.6 Å². The number of hydrogen-bond acceptors (Lipinski definition) is 4. The van der Waals surface area contributed by atoms with Crippen LogP contribution in [0.15, 0.2) is 45.7 Å². The average molecular weight is 241 g/mol. The molecule has 3 rings (SSSR count). The third kappa shape index (κ3) is 1.66. The summed E-state index contributed by atoms with van der Waals surface area (Å²) in [5, 5.41) is 0. The molecule has 5 heteroatoms. The Labute approximate surface area is 102 Å². The van der Waals surface area contributed by atoms with E-state index in [2.05, 4.69) is 4.98 Å². The van der Waals surface area contributed by atoms with Gasteiger partial charge in [0.1, 0.15) is 5.52 Å². The number of nitrogens with two attached hydrogens (primary N) is 1. The van der Waals surface area contributed by atoms with Crippen molar-refractivity contribution in [1.29, 1.82) is 0 Å². The van der Waals surface area contributed by atoms with Crippen LogP contribution in [0, 0.1) is 0 Å². The van der Waals surface area contributed by atoms with Crippen molar-refractivity contribution < 1.29 is 4.42 Å². The number of pyridine rings is 1. The molecule has 0 aliphatic rings. The Kier molecular flexibility index (Phi) is 2.19. The molecule has 0 amide bonds. The van der Waals surface area contributed by atoms with Crippen LogP contribution in [0.3, 0.4) is 0 Å². The van der Waals surface area contributed by atoms with Crippen molar-refractivity contribution in [2.24, 2.45) is 7.05 Å². The van der Waals surface area contributed by atoms with Crippen LogP contribution in [-0.4, -0.2) is 9.55 Å². The van der Waals surface area contributed by atoms with Crippen LogP contribution in [0.4, 0.5) is 5.69 Å². The van der Waals surface area contributed by atoms with Crippen LogP contribution in [0.2, 0.25) is 0 Å². The molecule has 2 aromatic heterocycles. The SMILES string of the molecule is Cn1ccc(-c2nc3ccc(N)cc3o2)cc1=O. The van der Waals surface area contributed by atoms with Crippen molar-refractivity contribution in [2.45, 2.75) is 0 Å². The number of oxazole rings is 1. The molecule has 5 nitrogen and oxygen atoms in total. The summed E-state index contributed by atoms with van der Waals surface area (Å²) in [4.78, 5) is 15.9. The van der Waals surface area contributed by atoms with E-state index in [1.807, 2.05) is 0 Å². The molecule has 1 aromatic carbocycles. The lowest BCUT2D eigenvalue weighted by atomic mass is 10.2. The smallest absolute Gasteiger partial charge is 0.251 e. The second-order valence-corrected chi connectivity index (χ2v) is 4.11. The highest BCUT2D eigenvalue weighted by Gasteiger charge is 2.09. The summed E-state index contributed by atoms with van der Waals surface area (Å²) in [7, 11) is 1.69. The molecule has 90 valence electrons. The maximum Gasteiger partial charge on any atom is 0.251 e. The van der Waals surface area contributed by atoms with Crippen molar-refractivity contribution in [3.8, 4) is 11.5 Å². The summed E-state index contributed by atoms with van der Waals surface area (Å²) in [5.74, 6) is 0.424. The molecule has 2 N–H and O–H groups in total.